The predicted octanol–water partition coefficient (Wildman–Crippen LogP) is 2.86. The molecule has 0 aliphatic carbocycles. The Morgan fingerprint density at radius 1 is 1.47 bits per heavy atom. The number of hydrogen-bond acceptors (Lipinski definition) is 5. The minimum absolute atomic E-state index is 0.274. The highest BCUT2D eigenvalue weighted by molar-refractivity contribution is 6.18. The molecular weight excluding hydrogens is 293 g/mol. The van der Waals surface area contributed by atoms with Crippen LogP contribution in [0.3, 0.4) is 0 Å². The lowest BCUT2D eigenvalue weighted by molar-refractivity contribution is -0.402. The van der Waals surface area contributed by atoms with Gasteiger partial charge in [0, 0.05) is 24.8 Å². The molecule has 0 N–H and O–H groups in total. The van der Waals surface area contributed by atoms with E-state index in [-0.39, 0.29) is 11.6 Å². The summed E-state index contributed by atoms with van der Waals surface area (Å²) in [5.74, 6) is 0.716. The maximum absolute atomic E-state index is 10.6. The molecule has 0 saturated carbocycles. The second kappa shape index (κ2) is 7.81. The molecule has 0 aliphatic rings. The van der Waals surface area contributed by atoms with Crippen molar-refractivity contribution >= 4 is 34.8 Å². The first-order valence-electron chi connectivity index (χ1n) is 5.45. The second-order valence-electron chi connectivity index (χ2n) is 3.42. The van der Waals surface area contributed by atoms with Gasteiger partial charge in [-0.2, -0.15) is 5.10 Å². The maximum Gasteiger partial charge on any atom is 0.433 e. The first-order valence-corrected chi connectivity index (χ1v) is 6.51. The summed E-state index contributed by atoms with van der Waals surface area (Å²) in [7, 11) is 0. The van der Waals surface area contributed by atoms with Gasteiger partial charge in [0.05, 0.1) is 6.07 Å². The van der Waals surface area contributed by atoms with E-state index in [9.17, 15) is 10.1 Å². The Labute approximate surface area is 120 Å². The van der Waals surface area contributed by atoms with Crippen LogP contribution in [-0.4, -0.2) is 40.5 Å². The molecule has 1 aromatic rings. The molecule has 0 aromatic carbocycles. The fourth-order valence-corrected chi connectivity index (χ4v) is 1.70. The van der Waals surface area contributed by atoms with E-state index in [1.54, 1.807) is 5.01 Å². The Morgan fingerprint density at radius 2 is 2.11 bits per heavy atom. The van der Waals surface area contributed by atoms with Crippen LogP contribution in [0.25, 0.3) is 0 Å². The van der Waals surface area contributed by atoms with Crippen molar-refractivity contribution in [2.45, 2.75) is 0 Å². The van der Waals surface area contributed by atoms with Gasteiger partial charge >= 0.3 is 5.88 Å². The minimum atomic E-state index is -0.612. The zero-order chi connectivity index (χ0) is 14.3. The quantitative estimate of drug-likeness (QED) is 0.320. The highest BCUT2D eigenvalue weighted by atomic mass is 35.5. The first-order chi connectivity index (χ1) is 9.12. The number of alkyl halides is 2. The molecule has 0 radical (unpaired) electrons. The van der Waals surface area contributed by atoms with E-state index in [0.717, 1.165) is 0 Å². The third-order valence-corrected chi connectivity index (χ3v) is 2.49. The molecule has 1 heterocycles. The average Bonchev–Trinajstić information content (AvgIpc) is 2.86. The van der Waals surface area contributed by atoms with E-state index in [4.69, 9.17) is 27.6 Å². The Bertz CT molecular complexity index is 468. The molecule has 0 atom stereocenters. The molecule has 0 amide bonds. The summed E-state index contributed by atoms with van der Waals surface area (Å²) in [4.78, 5) is 9.94. The monoisotopic (exact) mass is 305 g/mol. The topological polar surface area (TPSA) is 71.9 Å². The number of halogens is 2. The molecule has 0 saturated heterocycles. The van der Waals surface area contributed by atoms with E-state index in [1.165, 1.54) is 18.2 Å². The molecule has 6 nitrogen and oxygen atoms in total. The molecule has 19 heavy (non-hydrogen) atoms. The number of rotatable bonds is 8. The van der Waals surface area contributed by atoms with Crippen molar-refractivity contribution in [3.8, 4) is 0 Å². The normalized spacial score (nSPS) is 11.4. The third kappa shape index (κ3) is 4.57. The van der Waals surface area contributed by atoms with Gasteiger partial charge in [-0.15, -0.1) is 23.2 Å². The van der Waals surface area contributed by atoms with E-state index in [1.807, 2.05) is 0 Å². The summed E-state index contributed by atoms with van der Waals surface area (Å²) in [6.07, 6.45) is 1.46. The van der Waals surface area contributed by atoms with Crippen LogP contribution in [0.15, 0.2) is 34.3 Å². The number of hydrazone groups is 1. The zero-order valence-corrected chi connectivity index (χ0v) is 11.6. The Kier molecular flexibility index (Phi) is 6.38. The minimum Gasteiger partial charge on any atom is -0.399 e. The van der Waals surface area contributed by atoms with E-state index in [0.29, 0.717) is 30.6 Å². The Balaban J connectivity index is 2.95. The summed E-state index contributed by atoms with van der Waals surface area (Å²) in [5, 5.41) is 16.5. The Hall–Kier alpha value is -1.53. The van der Waals surface area contributed by atoms with Crippen LogP contribution >= 0.6 is 23.2 Å². The summed E-state index contributed by atoms with van der Waals surface area (Å²) in [5.41, 5.74) is 0.392. The Morgan fingerprint density at radius 3 is 2.53 bits per heavy atom. The van der Waals surface area contributed by atoms with Gasteiger partial charge in [0.1, 0.15) is 10.6 Å². The standard InChI is InChI=1S/C11H13Cl2N3O3/c1-2-9(14-15(7-5-12)8-6-13)10-3-4-11(19-10)16(17)18/h2-4H,1,5-8H2. The molecule has 0 unspecified atom stereocenters. The predicted molar refractivity (Wildman–Crippen MR) is 75.1 cm³/mol. The molecule has 0 aliphatic heterocycles. The van der Waals surface area contributed by atoms with Crippen molar-refractivity contribution in [3.05, 3.63) is 40.7 Å². The largest absolute Gasteiger partial charge is 0.433 e. The van der Waals surface area contributed by atoms with Gasteiger partial charge in [-0.05, 0) is 12.1 Å². The highest BCUT2D eigenvalue weighted by Gasteiger charge is 2.15. The summed E-state index contributed by atoms with van der Waals surface area (Å²) < 4.78 is 5.06. The maximum atomic E-state index is 10.6. The van der Waals surface area contributed by atoms with E-state index >= 15 is 0 Å². The van der Waals surface area contributed by atoms with Gasteiger partial charge in [0.25, 0.3) is 0 Å². The second-order valence-corrected chi connectivity index (χ2v) is 4.17. The van der Waals surface area contributed by atoms with E-state index in [2.05, 4.69) is 11.7 Å². The lowest BCUT2D eigenvalue weighted by Crippen LogP contribution is -2.24. The number of hydrogen-bond donors (Lipinski definition) is 0. The first kappa shape index (κ1) is 15.5. The fraction of sp³-hybridized carbons (Fsp3) is 0.364. The molecule has 104 valence electrons. The number of nitrogens with zero attached hydrogens (tertiary/aromatic N) is 3. The highest BCUT2D eigenvalue weighted by Crippen LogP contribution is 2.17. The third-order valence-electron chi connectivity index (χ3n) is 2.15. The van der Waals surface area contributed by atoms with Gasteiger partial charge in [0.15, 0.2) is 5.76 Å². The van der Waals surface area contributed by atoms with E-state index < -0.39 is 4.92 Å². The van der Waals surface area contributed by atoms with Crippen molar-refractivity contribution in [2.75, 3.05) is 24.8 Å². The summed E-state index contributed by atoms with van der Waals surface area (Å²) in [6.45, 7) is 4.63. The van der Waals surface area contributed by atoms with Gasteiger partial charge in [-0.3, -0.25) is 15.1 Å². The molecule has 0 spiro atoms. The van der Waals surface area contributed by atoms with Crippen LogP contribution in [-0.2, 0) is 0 Å². The number of nitro groups is 1. The molecular formula is C11H13Cl2N3O3. The van der Waals surface area contributed by atoms with Crippen molar-refractivity contribution in [2.24, 2.45) is 5.10 Å². The lowest BCUT2D eigenvalue weighted by atomic mass is 10.3. The lowest BCUT2D eigenvalue weighted by Gasteiger charge is -2.17. The van der Waals surface area contributed by atoms with Crippen molar-refractivity contribution in [1.29, 1.82) is 0 Å². The van der Waals surface area contributed by atoms with Crippen LogP contribution in [0.2, 0.25) is 0 Å². The molecule has 1 rings (SSSR count). The van der Waals surface area contributed by atoms with Gasteiger partial charge in [-0.1, -0.05) is 6.58 Å². The van der Waals surface area contributed by atoms with Crippen LogP contribution < -0.4 is 0 Å². The number of allylic oxidation sites excluding steroid dienone is 1. The van der Waals surface area contributed by atoms with Crippen LogP contribution in [0, 0.1) is 10.1 Å². The van der Waals surface area contributed by atoms with Crippen LogP contribution in [0.5, 0.6) is 0 Å². The van der Waals surface area contributed by atoms with Crippen molar-refractivity contribution < 1.29 is 9.34 Å². The number of furan rings is 1. The van der Waals surface area contributed by atoms with Crippen molar-refractivity contribution in [1.82, 2.24) is 5.01 Å². The zero-order valence-electron chi connectivity index (χ0n) is 10.1. The van der Waals surface area contributed by atoms with Gasteiger partial charge in [0.2, 0.25) is 0 Å². The van der Waals surface area contributed by atoms with Gasteiger partial charge in [-0.25, -0.2) is 0 Å². The average molecular weight is 306 g/mol. The van der Waals surface area contributed by atoms with Crippen molar-refractivity contribution in [3.63, 3.8) is 0 Å². The smallest absolute Gasteiger partial charge is 0.399 e. The van der Waals surface area contributed by atoms with Gasteiger partial charge < -0.3 is 4.42 Å². The van der Waals surface area contributed by atoms with Crippen LogP contribution in [0.4, 0.5) is 5.88 Å². The molecule has 1 aromatic heterocycles. The SMILES string of the molecule is C=CC(=NN(CCCl)CCCl)c1ccc([N+](=O)[O-])o1. The van der Waals surface area contributed by atoms with Crippen LogP contribution in [0.1, 0.15) is 5.76 Å². The molecule has 0 fully saturated rings. The summed E-state index contributed by atoms with van der Waals surface area (Å²) >= 11 is 11.3. The summed E-state index contributed by atoms with van der Waals surface area (Å²) in [6, 6.07) is 2.74. The molecule has 0 bridgehead atoms. The fourth-order valence-electron chi connectivity index (χ4n) is 1.31. The molecule has 8 heteroatoms.